The van der Waals surface area contributed by atoms with Gasteiger partial charge in [0.05, 0.1) is 5.69 Å². The van der Waals surface area contributed by atoms with Crippen molar-refractivity contribution in [2.75, 3.05) is 19.0 Å². The Bertz CT molecular complexity index is 547. The molecule has 0 aliphatic carbocycles. The van der Waals surface area contributed by atoms with Gasteiger partial charge in [0, 0.05) is 27.3 Å². The summed E-state index contributed by atoms with van der Waals surface area (Å²) >= 11 is 0. The van der Waals surface area contributed by atoms with E-state index in [4.69, 9.17) is 5.26 Å². The number of hydrogen-bond acceptors (Lipinski definition) is 4. The van der Waals surface area contributed by atoms with E-state index < -0.39 is 0 Å². The van der Waals surface area contributed by atoms with E-state index in [9.17, 15) is 0 Å². The molecule has 76 valence electrons. The fraction of sp³-hybridized carbons (Fsp3) is 0.300. The van der Waals surface area contributed by atoms with Crippen LogP contribution in [-0.4, -0.2) is 28.6 Å². The van der Waals surface area contributed by atoms with Gasteiger partial charge >= 0.3 is 0 Å². The van der Waals surface area contributed by atoms with Gasteiger partial charge in [0.25, 0.3) is 0 Å². The Balaban J connectivity index is 2.83. The minimum Gasteiger partial charge on any atom is -0.376 e. The molecule has 2 aromatic heterocycles. The average molecular weight is 201 g/mol. The summed E-state index contributed by atoms with van der Waals surface area (Å²) in [6.07, 6.45) is 1.72. The molecule has 0 atom stereocenters. The number of nitriles is 1. The molecule has 0 fully saturated rings. The summed E-state index contributed by atoms with van der Waals surface area (Å²) in [5.41, 5.74) is 2.47. The number of imidazole rings is 1. The van der Waals surface area contributed by atoms with Crippen molar-refractivity contribution in [3.8, 4) is 6.07 Å². The number of nitrogens with zero attached hydrogens (tertiary/aromatic N) is 5. The molecular formula is C10H11N5. The van der Waals surface area contributed by atoms with Crippen LogP contribution in [0.4, 0.5) is 5.69 Å². The summed E-state index contributed by atoms with van der Waals surface area (Å²) in [6, 6.07) is 3.93. The molecule has 2 rings (SSSR count). The third kappa shape index (κ3) is 1.31. The summed E-state index contributed by atoms with van der Waals surface area (Å²) in [7, 11) is 5.67. The molecule has 0 spiro atoms. The average Bonchev–Trinajstić information content (AvgIpc) is 2.55. The zero-order valence-electron chi connectivity index (χ0n) is 8.89. The predicted octanol–water partition coefficient (Wildman–Crippen LogP) is 0.906. The van der Waals surface area contributed by atoms with Gasteiger partial charge < -0.3 is 9.47 Å². The smallest absolute Gasteiger partial charge is 0.214 e. The second kappa shape index (κ2) is 3.24. The number of rotatable bonds is 1. The summed E-state index contributed by atoms with van der Waals surface area (Å²) in [4.78, 5) is 10.4. The number of fused-ring (bicyclic) bond motifs is 1. The number of anilines is 1. The summed E-state index contributed by atoms with van der Waals surface area (Å²) in [6.45, 7) is 0. The molecule has 2 heterocycles. The third-order valence-electron chi connectivity index (χ3n) is 2.32. The maximum atomic E-state index is 8.87. The van der Waals surface area contributed by atoms with Gasteiger partial charge in [-0.3, -0.25) is 0 Å². The van der Waals surface area contributed by atoms with Crippen molar-refractivity contribution in [1.29, 1.82) is 5.26 Å². The fourth-order valence-electron chi connectivity index (χ4n) is 1.53. The van der Waals surface area contributed by atoms with Crippen molar-refractivity contribution >= 4 is 16.9 Å². The predicted molar refractivity (Wildman–Crippen MR) is 57.6 cm³/mol. The highest BCUT2D eigenvalue weighted by Crippen LogP contribution is 2.22. The molecular weight excluding hydrogens is 190 g/mol. The van der Waals surface area contributed by atoms with Gasteiger partial charge in [-0.1, -0.05) is 0 Å². The highest BCUT2D eigenvalue weighted by atomic mass is 15.1. The van der Waals surface area contributed by atoms with Gasteiger partial charge in [-0.05, 0) is 6.07 Å². The number of pyridine rings is 1. The zero-order valence-corrected chi connectivity index (χ0v) is 8.89. The van der Waals surface area contributed by atoms with Crippen LogP contribution in [0.5, 0.6) is 0 Å². The van der Waals surface area contributed by atoms with E-state index in [2.05, 4.69) is 9.97 Å². The number of hydrogen-bond donors (Lipinski definition) is 0. The first-order valence-electron chi connectivity index (χ1n) is 4.54. The molecule has 0 radical (unpaired) electrons. The Morgan fingerprint density at radius 2 is 2.20 bits per heavy atom. The van der Waals surface area contributed by atoms with Crippen LogP contribution in [0.15, 0.2) is 12.3 Å². The van der Waals surface area contributed by atoms with Gasteiger partial charge in [-0.25, -0.2) is 9.97 Å². The Kier molecular flexibility index (Phi) is 2.05. The van der Waals surface area contributed by atoms with E-state index in [1.807, 2.05) is 31.1 Å². The van der Waals surface area contributed by atoms with Gasteiger partial charge in [0.1, 0.15) is 11.6 Å². The lowest BCUT2D eigenvalue weighted by Crippen LogP contribution is -2.09. The Morgan fingerprint density at radius 1 is 1.47 bits per heavy atom. The molecule has 0 aliphatic rings. The molecule has 0 amide bonds. The summed E-state index contributed by atoms with van der Waals surface area (Å²) in [5, 5.41) is 8.87. The molecule has 0 saturated carbocycles. The summed E-state index contributed by atoms with van der Waals surface area (Å²) < 4.78 is 1.70. The van der Waals surface area contributed by atoms with Crippen LogP contribution in [-0.2, 0) is 7.05 Å². The Morgan fingerprint density at radius 3 is 2.80 bits per heavy atom. The highest BCUT2D eigenvalue weighted by molar-refractivity contribution is 5.86. The van der Waals surface area contributed by atoms with Crippen LogP contribution in [0.25, 0.3) is 11.2 Å². The molecule has 0 unspecified atom stereocenters. The molecule has 0 aromatic carbocycles. The third-order valence-corrected chi connectivity index (χ3v) is 2.32. The largest absolute Gasteiger partial charge is 0.376 e. The van der Waals surface area contributed by atoms with E-state index in [-0.39, 0.29) is 0 Å². The molecule has 5 nitrogen and oxygen atoms in total. The molecule has 5 heteroatoms. The molecule has 0 aliphatic heterocycles. The van der Waals surface area contributed by atoms with Crippen molar-refractivity contribution in [2.24, 2.45) is 7.05 Å². The van der Waals surface area contributed by atoms with Crippen LogP contribution >= 0.6 is 0 Å². The van der Waals surface area contributed by atoms with Crippen molar-refractivity contribution in [3.63, 3.8) is 0 Å². The maximum Gasteiger partial charge on any atom is 0.214 e. The van der Waals surface area contributed by atoms with Crippen molar-refractivity contribution < 1.29 is 0 Å². The molecule has 0 N–H and O–H groups in total. The van der Waals surface area contributed by atoms with Gasteiger partial charge in [-0.2, -0.15) is 5.26 Å². The van der Waals surface area contributed by atoms with Gasteiger partial charge in [-0.15, -0.1) is 0 Å². The normalized spacial score (nSPS) is 10.3. The van der Waals surface area contributed by atoms with Gasteiger partial charge in [0.15, 0.2) is 5.65 Å². The minimum atomic E-state index is 0.381. The van der Waals surface area contributed by atoms with E-state index >= 15 is 0 Å². The van der Waals surface area contributed by atoms with E-state index in [0.29, 0.717) is 5.82 Å². The number of aromatic nitrogens is 3. The fourth-order valence-corrected chi connectivity index (χ4v) is 1.53. The monoisotopic (exact) mass is 201 g/mol. The van der Waals surface area contributed by atoms with E-state index in [1.54, 1.807) is 17.8 Å². The maximum absolute atomic E-state index is 8.87. The highest BCUT2D eigenvalue weighted by Gasteiger charge is 2.12. The SMILES string of the molecule is CN(C)c1ccnc2c1nc(C#N)n2C. The van der Waals surface area contributed by atoms with Crippen LogP contribution in [0.2, 0.25) is 0 Å². The molecule has 2 aromatic rings. The van der Waals surface area contributed by atoms with Crippen molar-refractivity contribution in [3.05, 3.63) is 18.1 Å². The topological polar surface area (TPSA) is 57.7 Å². The second-order valence-electron chi connectivity index (χ2n) is 3.50. The second-order valence-corrected chi connectivity index (χ2v) is 3.50. The lowest BCUT2D eigenvalue weighted by Gasteiger charge is -2.11. The van der Waals surface area contributed by atoms with Crippen LogP contribution in [0, 0.1) is 11.3 Å². The van der Waals surface area contributed by atoms with Crippen LogP contribution in [0.1, 0.15) is 5.82 Å². The molecule has 0 saturated heterocycles. The standard InChI is InChI=1S/C10H11N5/c1-14(2)7-4-5-12-10-9(7)13-8(6-11)15(10)3/h4-5H,1-3H3. The Labute approximate surface area is 87.6 Å². The number of aryl methyl sites for hydroxylation is 1. The first kappa shape index (κ1) is 9.46. The first-order chi connectivity index (χ1) is 7.15. The first-order valence-corrected chi connectivity index (χ1v) is 4.54. The van der Waals surface area contributed by atoms with E-state index in [1.165, 1.54) is 0 Å². The summed E-state index contributed by atoms with van der Waals surface area (Å²) in [5.74, 6) is 0.381. The van der Waals surface area contributed by atoms with Crippen LogP contribution < -0.4 is 4.90 Å². The van der Waals surface area contributed by atoms with Crippen molar-refractivity contribution in [2.45, 2.75) is 0 Å². The van der Waals surface area contributed by atoms with E-state index in [0.717, 1.165) is 16.9 Å². The molecule has 15 heavy (non-hydrogen) atoms. The zero-order chi connectivity index (χ0) is 11.0. The van der Waals surface area contributed by atoms with Crippen molar-refractivity contribution in [1.82, 2.24) is 14.5 Å². The quantitative estimate of drug-likeness (QED) is 0.688. The molecule has 0 bridgehead atoms. The van der Waals surface area contributed by atoms with Gasteiger partial charge in [0.2, 0.25) is 5.82 Å². The lowest BCUT2D eigenvalue weighted by atomic mass is 10.3. The minimum absolute atomic E-state index is 0.381. The lowest BCUT2D eigenvalue weighted by molar-refractivity contribution is 0.906. The Hall–Kier alpha value is -2.09. The van der Waals surface area contributed by atoms with Crippen LogP contribution in [0.3, 0.4) is 0 Å².